The zero-order valence-corrected chi connectivity index (χ0v) is 17.4. The van der Waals surface area contributed by atoms with Crippen molar-refractivity contribution >= 4 is 29.5 Å². The molecule has 1 saturated heterocycles. The number of thioether (sulfide) groups is 1. The van der Waals surface area contributed by atoms with Gasteiger partial charge in [-0.25, -0.2) is 4.79 Å². The van der Waals surface area contributed by atoms with Crippen LogP contribution in [-0.2, 0) is 9.59 Å². The van der Waals surface area contributed by atoms with Gasteiger partial charge in [0.05, 0.1) is 11.3 Å². The number of carboxylic acid groups (broad SMARTS) is 1. The van der Waals surface area contributed by atoms with Crippen LogP contribution in [0.25, 0.3) is 0 Å². The van der Waals surface area contributed by atoms with Crippen LogP contribution in [0.15, 0.2) is 59.5 Å². The number of nitrogens with zero attached hydrogens (tertiary/aromatic N) is 2. The van der Waals surface area contributed by atoms with E-state index >= 15 is 0 Å². The van der Waals surface area contributed by atoms with Crippen molar-refractivity contribution in [2.45, 2.75) is 17.2 Å². The van der Waals surface area contributed by atoms with Gasteiger partial charge in [-0.1, -0.05) is 30.3 Å². The van der Waals surface area contributed by atoms with Crippen molar-refractivity contribution < 1.29 is 19.5 Å². The van der Waals surface area contributed by atoms with Crippen molar-refractivity contribution in [1.29, 1.82) is 0 Å². The maximum Gasteiger partial charge on any atom is 0.335 e. The maximum atomic E-state index is 12.8. The molecule has 0 radical (unpaired) electrons. The normalized spacial score (nSPS) is 20.7. The molecular formula is C23H24N2O4S. The number of hydrogen-bond donors (Lipinski definition) is 1. The lowest BCUT2D eigenvalue weighted by molar-refractivity contribution is -0.139. The van der Waals surface area contributed by atoms with E-state index < -0.39 is 5.97 Å². The van der Waals surface area contributed by atoms with Crippen LogP contribution in [0.2, 0.25) is 0 Å². The summed E-state index contributed by atoms with van der Waals surface area (Å²) in [4.78, 5) is 40.8. The summed E-state index contributed by atoms with van der Waals surface area (Å²) < 4.78 is 0. The summed E-state index contributed by atoms with van der Waals surface area (Å²) in [6, 6.07) is 16.7. The largest absolute Gasteiger partial charge is 0.478 e. The number of carboxylic acids is 1. The lowest BCUT2D eigenvalue weighted by atomic mass is 10.1. The molecule has 1 aliphatic heterocycles. The summed E-state index contributed by atoms with van der Waals surface area (Å²) >= 11 is 1.40. The first-order valence-electron chi connectivity index (χ1n) is 10.1. The quantitative estimate of drug-likeness (QED) is 0.722. The molecule has 156 valence electrons. The van der Waals surface area contributed by atoms with E-state index in [0.717, 1.165) is 11.3 Å². The lowest BCUT2D eigenvalue weighted by Crippen LogP contribution is -2.51. The van der Waals surface area contributed by atoms with Gasteiger partial charge in [0.25, 0.3) is 0 Å². The van der Waals surface area contributed by atoms with E-state index in [2.05, 4.69) is 12.1 Å². The molecule has 2 fully saturated rings. The fourth-order valence-electron chi connectivity index (χ4n) is 3.88. The van der Waals surface area contributed by atoms with Gasteiger partial charge in [0.1, 0.15) is 0 Å². The predicted octanol–water partition coefficient (Wildman–Crippen LogP) is 2.95. The molecule has 1 N–H and O–H groups in total. The first-order chi connectivity index (χ1) is 14.5. The third-order valence-corrected chi connectivity index (χ3v) is 6.74. The zero-order chi connectivity index (χ0) is 21.1. The van der Waals surface area contributed by atoms with Crippen LogP contribution >= 0.6 is 11.8 Å². The zero-order valence-electron chi connectivity index (χ0n) is 16.6. The average molecular weight is 425 g/mol. The van der Waals surface area contributed by atoms with Gasteiger partial charge < -0.3 is 14.9 Å². The second-order valence-corrected chi connectivity index (χ2v) is 8.73. The van der Waals surface area contributed by atoms with Crippen LogP contribution in [0, 0.1) is 5.92 Å². The number of aromatic carboxylic acids is 1. The molecule has 6 nitrogen and oxygen atoms in total. The number of piperazine rings is 1. The van der Waals surface area contributed by atoms with Crippen LogP contribution in [0.5, 0.6) is 0 Å². The summed E-state index contributed by atoms with van der Waals surface area (Å²) in [6.07, 6.45) is 0.916. The molecule has 2 aliphatic rings. The summed E-state index contributed by atoms with van der Waals surface area (Å²) in [5.74, 6) is 0.0171. The first-order valence-corrected chi connectivity index (χ1v) is 11.1. The third-order valence-electron chi connectivity index (χ3n) is 5.74. The Balaban J connectivity index is 1.22. The Morgan fingerprint density at radius 1 is 0.900 bits per heavy atom. The minimum atomic E-state index is -0.962. The standard InChI is InChI=1S/C23H24N2O4S/c26-21(15-30-18-8-6-17(7-9-18)23(28)29)24-10-12-25(13-11-24)22(27)20-14-19(20)16-4-2-1-3-5-16/h1-9,19-20H,10-15H2,(H,28,29)/t19-,20+/m0/s1. The van der Waals surface area contributed by atoms with E-state index in [4.69, 9.17) is 5.11 Å². The van der Waals surface area contributed by atoms with E-state index in [0.29, 0.717) is 37.8 Å². The van der Waals surface area contributed by atoms with Crippen molar-refractivity contribution in [2.24, 2.45) is 5.92 Å². The van der Waals surface area contributed by atoms with Gasteiger partial charge in [-0.2, -0.15) is 0 Å². The molecular weight excluding hydrogens is 400 g/mol. The molecule has 1 aliphatic carbocycles. The van der Waals surface area contributed by atoms with Gasteiger partial charge in [0.2, 0.25) is 11.8 Å². The third kappa shape index (κ3) is 4.67. The highest BCUT2D eigenvalue weighted by molar-refractivity contribution is 8.00. The Morgan fingerprint density at radius 3 is 2.17 bits per heavy atom. The van der Waals surface area contributed by atoms with Crippen molar-refractivity contribution in [3.8, 4) is 0 Å². The lowest BCUT2D eigenvalue weighted by Gasteiger charge is -2.35. The first kappa shape index (κ1) is 20.5. The fourth-order valence-corrected chi connectivity index (χ4v) is 4.68. The Morgan fingerprint density at radius 2 is 1.53 bits per heavy atom. The summed E-state index contributed by atoms with van der Waals surface area (Å²) in [6.45, 7) is 2.29. The van der Waals surface area contributed by atoms with E-state index in [1.807, 2.05) is 28.0 Å². The molecule has 0 unspecified atom stereocenters. The second-order valence-electron chi connectivity index (χ2n) is 7.68. The Bertz CT molecular complexity index is 924. The summed E-state index contributed by atoms with van der Waals surface area (Å²) in [7, 11) is 0. The summed E-state index contributed by atoms with van der Waals surface area (Å²) in [5, 5.41) is 8.94. The molecule has 0 bridgehead atoms. The van der Waals surface area contributed by atoms with Crippen LogP contribution in [0.4, 0.5) is 0 Å². The van der Waals surface area contributed by atoms with Gasteiger partial charge in [0, 0.05) is 37.0 Å². The van der Waals surface area contributed by atoms with E-state index in [-0.39, 0.29) is 23.3 Å². The highest BCUT2D eigenvalue weighted by Crippen LogP contribution is 2.48. The maximum absolute atomic E-state index is 12.8. The second kappa shape index (κ2) is 8.92. The minimum Gasteiger partial charge on any atom is -0.478 e. The number of carbonyl (C=O) groups excluding carboxylic acids is 2. The molecule has 4 rings (SSSR count). The van der Waals surface area contributed by atoms with Crippen LogP contribution in [0.3, 0.4) is 0 Å². The van der Waals surface area contributed by atoms with E-state index in [9.17, 15) is 14.4 Å². The van der Waals surface area contributed by atoms with Gasteiger partial charge >= 0.3 is 5.97 Å². The topological polar surface area (TPSA) is 77.9 Å². The molecule has 2 atom stereocenters. The molecule has 1 heterocycles. The van der Waals surface area contributed by atoms with Crippen LogP contribution in [-0.4, -0.2) is 64.6 Å². The van der Waals surface area contributed by atoms with Crippen LogP contribution in [0.1, 0.15) is 28.3 Å². The molecule has 1 saturated carbocycles. The molecule has 0 spiro atoms. The van der Waals surface area contributed by atoms with E-state index in [1.54, 1.807) is 24.3 Å². The molecule has 2 amide bonds. The predicted molar refractivity (Wildman–Crippen MR) is 115 cm³/mol. The molecule has 7 heteroatoms. The van der Waals surface area contributed by atoms with Gasteiger partial charge in [-0.05, 0) is 42.2 Å². The smallest absolute Gasteiger partial charge is 0.335 e. The molecule has 0 aromatic heterocycles. The minimum absolute atomic E-state index is 0.0444. The van der Waals surface area contributed by atoms with Crippen LogP contribution < -0.4 is 0 Å². The van der Waals surface area contributed by atoms with Crippen molar-refractivity contribution in [1.82, 2.24) is 9.80 Å². The monoisotopic (exact) mass is 424 g/mol. The number of hydrogen-bond acceptors (Lipinski definition) is 4. The van der Waals surface area contributed by atoms with Crippen molar-refractivity contribution in [3.05, 3.63) is 65.7 Å². The molecule has 2 aromatic rings. The Kier molecular flexibility index (Phi) is 6.08. The fraction of sp³-hybridized carbons (Fsp3) is 0.348. The average Bonchev–Trinajstić information content (AvgIpc) is 3.59. The Hall–Kier alpha value is -2.80. The number of rotatable bonds is 6. The van der Waals surface area contributed by atoms with Gasteiger partial charge in [-0.15, -0.1) is 11.8 Å². The molecule has 2 aromatic carbocycles. The Labute approximate surface area is 179 Å². The summed E-state index contributed by atoms with van der Waals surface area (Å²) in [5.41, 5.74) is 1.47. The van der Waals surface area contributed by atoms with E-state index in [1.165, 1.54) is 17.3 Å². The SMILES string of the molecule is O=C(O)c1ccc(SCC(=O)N2CCN(C(=O)[C@@H]3C[C@H]3c3ccccc3)CC2)cc1. The number of amides is 2. The van der Waals surface area contributed by atoms with Crippen molar-refractivity contribution in [2.75, 3.05) is 31.9 Å². The number of benzene rings is 2. The highest BCUT2D eigenvalue weighted by atomic mass is 32.2. The van der Waals surface area contributed by atoms with Gasteiger partial charge in [-0.3, -0.25) is 9.59 Å². The van der Waals surface area contributed by atoms with Gasteiger partial charge in [0.15, 0.2) is 0 Å². The molecule has 30 heavy (non-hydrogen) atoms. The van der Waals surface area contributed by atoms with Crippen molar-refractivity contribution in [3.63, 3.8) is 0 Å². The number of carbonyl (C=O) groups is 3. The highest BCUT2D eigenvalue weighted by Gasteiger charge is 2.46.